The average molecular weight is 384 g/mol. The number of aliphatic carboxylic acids is 1. The quantitative estimate of drug-likeness (QED) is 0.654. The Kier molecular flexibility index (Phi) is 7.06. The first-order valence-electron chi connectivity index (χ1n) is 9.82. The number of carboxylic acids is 1. The molecule has 28 heavy (non-hydrogen) atoms. The number of hydrogen-bond donors (Lipinski definition) is 1. The normalized spacial score (nSPS) is 22.0. The highest BCUT2D eigenvalue weighted by molar-refractivity contribution is 5.75. The van der Waals surface area contributed by atoms with Crippen LogP contribution < -0.4 is 4.74 Å². The SMILES string of the molecule is CC1(C(=O)O)OCC(CCCCOc2ccc(Cc3ccccc3)cc2)CO1. The van der Waals surface area contributed by atoms with Gasteiger partial charge in [0.2, 0.25) is 0 Å². The molecule has 1 N–H and O–H groups in total. The predicted octanol–water partition coefficient (Wildman–Crippen LogP) is 4.29. The summed E-state index contributed by atoms with van der Waals surface area (Å²) < 4.78 is 16.6. The zero-order chi connectivity index (χ0) is 19.8. The lowest BCUT2D eigenvalue weighted by atomic mass is 10.0. The van der Waals surface area contributed by atoms with Crippen LogP contribution in [0.2, 0.25) is 0 Å². The van der Waals surface area contributed by atoms with Crippen molar-refractivity contribution >= 4 is 5.97 Å². The number of unbranched alkanes of at least 4 members (excludes halogenated alkanes) is 1. The first-order valence-corrected chi connectivity index (χ1v) is 9.82. The van der Waals surface area contributed by atoms with Crippen LogP contribution in [-0.2, 0) is 20.7 Å². The molecule has 2 aromatic carbocycles. The first kappa shape index (κ1) is 20.4. The van der Waals surface area contributed by atoms with Gasteiger partial charge in [-0.05, 0) is 48.9 Å². The number of benzene rings is 2. The van der Waals surface area contributed by atoms with Crippen LogP contribution in [0.25, 0.3) is 0 Å². The molecular weight excluding hydrogens is 356 g/mol. The Labute approximate surface area is 166 Å². The molecule has 5 nitrogen and oxygen atoms in total. The molecule has 1 saturated heterocycles. The highest BCUT2D eigenvalue weighted by Gasteiger charge is 2.40. The van der Waals surface area contributed by atoms with Crippen molar-refractivity contribution in [2.45, 2.75) is 38.4 Å². The summed E-state index contributed by atoms with van der Waals surface area (Å²) in [5.74, 6) is -1.44. The van der Waals surface area contributed by atoms with Gasteiger partial charge < -0.3 is 19.3 Å². The number of carbonyl (C=O) groups is 1. The van der Waals surface area contributed by atoms with Gasteiger partial charge in [0.05, 0.1) is 19.8 Å². The van der Waals surface area contributed by atoms with Gasteiger partial charge in [-0.1, -0.05) is 42.5 Å². The van der Waals surface area contributed by atoms with Crippen LogP contribution in [0.3, 0.4) is 0 Å². The molecule has 0 saturated carbocycles. The average Bonchev–Trinajstić information content (AvgIpc) is 2.71. The van der Waals surface area contributed by atoms with Crippen LogP contribution in [-0.4, -0.2) is 36.7 Å². The molecular formula is C23H28O5. The Morgan fingerprint density at radius 3 is 2.32 bits per heavy atom. The van der Waals surface area contributed by atoms with E-state index in [9.17, 15) is 4.79 Å². The summed E-state index contributed by atoms with van der Waals surface area (Å²) in [6, 6.07) is 18.7. The van der Waals surface area contributed by atoms with Crippen LogP contribution in [0.15, 0.2) is 54.6 Å². The smallest absolute Gasteiger partial charge is 0.364 e. The molecule has 0 atom stereocenters. The van der Waals surface area contributed by atoms with Crippen molar-refractivity contribution in [2.75, 3.05) is 19.8 Å². The molecule has 1 aliphatic rings. The number of ether oxygens (including phenoxy) is 3. The second kappa shape index (κ2) is 9.71. The summed E-state index contributed by atoms with van der Waals surface area (Å²) in [6.45, 7) is 2.96. The lowest BCUT2D eigenvalue weighted by Crippen LogP contribution is -2.47. The van der Waals surface area contributed by atoms with Gasteiger partial charge >= 0.3 is 5.97 Å². The minimum atomic E-state index is -1.49. The maximum Gasteiger partial charge on any atom is 0.364 e. The van der Waals surface area contributed by atoms with E-state index in [1.165, 1.54) is 18.1 Å². The summed E-state index contributed by atoms with van der Waals surface area (Å²) in [5.41, 5.74) is 2.57. The molecule has 0 unspecified atom stereocenters. The van der Waals surface area contributed by atoms with Gasteiger partial charge in [-0.15, -0.1) is 0 Å². The molecule has 1 fully saturated rings. The molecule has 0 bridgehead atoms. The van der Waals surface area contributed by atoms with Crippen molar-refractivity contribution in [1.82, 2.24) is 0 Å². The Bertz CT molecular complexity index is 733. The summed E-state index contributed by atoms with van der Waals surface area (Å²) in [6.07, 6.45) is 3.80. The second-order valence-corrected chi connectivity index (χ2v) is 7.39. The van der Waals surface area contributed by atoms with Crippen LogP contribution >= 0.6 is 0 Å². The topological polar surface area (TPSA) is 65.0 Å². The Morgan fingerprint density at radius 1 is 1.04 bits per heavy atom. The summed E-state index contributed by atoms with van der Waals surface area (Å²) in [5, 5.41) is 9.06. The van der Waals surface area contributed by atoms with E-state index in [1.54, 1.807) is 0 Å². The predicted molar refractivity (Wildman–Crippen MR) is 106 cm³/mol. The molecule has 0 spiro atoms. The number of carboxylic acid groups (broad SMARTS) is 1. The maximum atomic E-state index is 11.1. The fraction of sp³-hybridized carbons (Fsp3) is 0.435. The Morgan fingerprint density at radius 2 is 1.68 bits per heavy atom. The van der Waals surface area contributed by atoms with Gasteiger partial charge in [-0.2, -0.15) is 0 Å². The molecule has 2 aromatic rings. The largest absolute Gasteiger partial charge is 0.494 e. The summed E-state index contributed by atoms with van der Waals surface area (Å²) in [4.78, 5) is 11.1. The highest BCUT2D eigenvalue weighted by Crippen LogP contribution is 2.24. The fourth-order valence-electron chi connectivity index (χ4n) is 3.19. The molecule has 3 rings (SSSR count). The Balaban J connectivity index is 1.31. The Hall–Kier alpha value is -2.37. The zero-order valence-corrected chi connectivity index (χ0v) is 16.3. The third-order valence-electron chi connectivity index (χ3n) is 5.03. The minimum Gasteiger partial charge on any atom is -0.494 e. The van der Waals surface area contributed by atoms with Gasteiger partial charge in [0.1, 0.15) is 5.75 Å². The monoisotopic (exact) mass is 384 g/mol. The van der Waals surface area contributed by atoms with Crippen molar-refractivity contribution in [3.8, 4) is 5.75 Å². The zero-order valence-electron chi connectivity index (χ0n) is 16.3. The van der Waals surface area contributed by atoms with E-state index >= 15 is 0 Å². The molecule has 1 aliphatic heterocycles. The van der Waals surface area contributed by atoms with Crippen LogP contribution in [0.5, 0.6) is 5.75 Å². The van der Waals surface area contributed by atoms with Gasteiger partial charge in [-0.3, -0.25) is 0 Å². The molecule has 5 heteroatoms. The third kappa shape index (κ3) is 5.81. The third-order valence-corrected chi connectivity index (χ3v) is 5.03. The molecule has 0 aliphatic carbocycles. The van der Waals surface area contributed by atoms with Crippen LogP contribution in [0.4, 0.5) is 0 Å². The van der Waals surface area contributed by atoms with E-state index in [4.69, 9.17) is 19.3 Å². The molecule has 0 amide bonds. The van der Waals surface area contributed by atoms with E-state index in [0.717, 1.165) is 31.4 Å². The van der Waals surface area contributed by atoms with Crippen LogP contribution in [0.1, 0.15) is 37.3 Å². The fourth-order valence-corrected chi connectivity index (χ4v) is 3.19. The van der Waals surface area contributed by atoms with Crippen LogP contribution in [0, 0.1) is 5.92 Å². The molecule has 0 aromatic heterocycles. The van der Waals surface area contributed by atoms with E-state index in [-0.39, 0.29) is 5.92 Å². The maximum absolute atomic E-state index is 11.1. The van der Waals surface area contributed by atoms with E-state index in [2.05, 4.69) is 36.4 Å². The van der Waals surface area contributed by atoms with E-state index in [1.807, 2.05) is 18.2 Å². The molecule has 0 radical (unpaired) electrons. The summed E-state index contributed by atoms with van der Waals surface area (Å²) in [7, 11) is 0. The summed E-state index contributed by atoms with van der Waals surface area (Å²) >= 11 is 0. The number of rotatable bonds is 9. The van der Waals surface area contributed by atoms with E-state index < -0.39 is 11.8 Å². The van der Waals surface area contributed by atoms with Gasteiger partial charge in [0, 0.05) is 12.8 Å². The first-order chi connectivity index (χ1) is 13.5. The van der Waals surface area contributed by atoms with Crippen molar-refractivity contribution < 1.29 is 24.1 Å². The van der Waals surface area contributed by atoms with Gasteiger partial charge in [0.25, 0.3) is 5.79 Å². The lowest BCUT2D eigenvalue weighted by Gasteiger charge is -2.34. The minimum absolute atomic E-state index is 0.240. The lowest BCUT2D eigenvalue weighted by molar-refractivity contribution is -0.271. The highest BCUT2D eigenvalue weighted by atomic mass is 16.7. The van der Waals surface area contributed by atoms with Gasteiger partial charge in [0.15, 0.2) is 0 Å². The van der Waals surface area contributed by atoms with Crippen molar-refractivity contribution in [3.05, 3.63) is 65.7 Å². The van der Waals surface area contributed by atoms with E-state index in [0.29, 0.717) is 19.8 Å². The molecule has 1 heterocycles. The van der Waals surface area contributed by atoms with Gasteiger partial charge in [-0.25, -0.2) is 4.79 Å². The van der Waals surface area contributed by atoms with Crippen molar-refractivity contribution in [3.63, 3.8) is 0 Å². The molecule has 150 valence electrons. The van der Waals surface area contributed by atoms with Crippen molar-refractivity contribution in [1.29, 1.82) is 0 Å². The second-order valence-electron chi connectivity index (χ2n) is 7.39. The number of hydrogen-bond acceptors (Lipinski definition) is 4. The standard InChI is InChI=1S/C23H28O5/c1-23(22(24)25)27-16-20(17-28-23)9-5-6-14-26-21-12-10-19(11-13-21)15-18-7-3-2-4-8-18/h2-4,7-8,10-13,20H,5-6,9,14-17H2,1H3,(H,24,25). The van der Waals surface area contributed by atoms with Crippen molar-refractivity contribution in [2.24, 2.45) is 5.92 Å².